The molecule has 0 aromatic carbocycles. The Bertz CT molecular complexity index is 206. The van der Waals surface area contributed by atoms with Crippen LogP contribution in [0.15, 0.2) is 12.4 Å². The van der Waals surface area contributed by atoms with Gasteiger partial charge in [-0.25, -0.2) is 9.97 Å². The third-order valence-corrected chi connectivity index (χ3v) is 1.31. The average molecular weight is 152 g/mol. The Labute approximate surface area is 66.1 Å². The number of nitrogens with zero attached hydrogens (tertiary/aromatic N) is 2. The summed E-state index contributed by atoms with van der Waals surface area (Å²) in [7, 11) is 3.69. The molecule has 0 unspecified atom stereocenters. The Hall–Kier alpha value is -1.16. The highest BCUT2D eigenvalue weighted by Crippen LogP contribution is 1.97. The summed E-state index contributed by atoms with van der Waals surface area (Å²) in [5.41, 5.74) is 1.09. The van der Waals surface area contributed by atoms with Gasteiger partial charge in [-0.3, -0.25) is 0 Å². The molecule has 1 rings (SSSR count). The van der Waals surface area contributed by atoms with Crippen molar-refractivity contribution in [3.8, 4) is 0 Å². The molecular weight excluding hydrogens is 140 g/mol. The molecule has 0 aliphatic heterocycles. The van der Waals surface area contributed by atoms with Crippen molar-refractivity contribution in [3.05, 3.63) is 18.0 Å². The third kappa shape index (κ3) is 2.16. The van der Waals surface area contributed by atoms with Gasteiger partial charge in [-0.05, 0) is 7.05 Å². The van der Waals surface area contributed by atoms with E-state index >= 15 is 0 Å². The first-order valence-corrected chi connectivity index (χ1v) is 3.50. The highest BCUT2D eigenvalue weighted by atomic mass is 15.1. The first-order chi connectivity index (χ1) is 5.36. The number of aromatic nitrogens is 2. The molecule has 60 valence electrons. The predicted molar refractivity (Wildman–Crippen MR) is 44.3 cm³/mol. The van der Waals surface area contributed by atoms with Crippen LogP contribution in [0, 0.1) is 0 Å². The molecule has 0 amide bonds. The quantitative estimate of drug-likeness (QED) is 0.651. The molecule has 4 heteroatoms. The maximum atomic E-state index is 4.05. The van der Waals surface area contributed by atoms with Gasteiger partial charge in [-0.2, -0.15) is 0 Å². The Balaban J connectivity index is 2.66. The zero-order chi connectivity index (χ0) is 8.10. The van der Waals surface area contributed by atoms with Gasteiger partial charge in [-0.15, -0.1) is 0 Å². The molecule has 1 heterocycles. The van der Waals surface area contributed by atoms with Gasteiger partial charge in [-0.1, -0.05) is 0 Å². The maximum absolute atomic E-state index is 4.05. The van der Waals surface area contributed by atoms with Gasteiger partial charge in [0.1, 0.15) is 0 Å². The SMILES string of the molecule is CNCc1cnc(NC)nc1. The highest BCUT2D eigenvalue weighted by Gasteiger charge is 1.92. The number of rotatable bonds is 3. The maximum Gasteiger partial charge on any atom is 0.222 e. The molecule has 4 nitrogen and oxygen atoms in total. The Kier molecular flexibility index (Phi) is 2.80. The Morgan fingerprint density at radius 1 is 1.27 bits per heavy atom. The van der Waals surface area contributed by atoms with Crippen LogP contribution in [0.2, 0.25) is 0 Å². The van der Waals surface area contributed by atoms with Crippen molar-refractivity contribution in [2.75, 3.05) is 19.4 Å². The van der Waals surface area contributed by atoms with Crippen LogP contribution >= 0.6 is 0 Å². The first-order valence-electron chi connectivity index (χ1n) is 3.50. The van der Waals surface area contributed by atoms with Gasteiger partial charge in [0, 0.05) is 31.5 Å². The van der Waals surface area contributed by atoms with Crippen molar-refractivity contribution in [2.45, 2.75) is 6.54 Å². The van der Waals surface area contributed by atoms with E-state index in [2.05, 4.69) is 20.6 Å². The van der Waals surface area contributed by atoms with Gasteiger partial charge in [0.05, 0.1) is 0 Å². The summed E-state index contributed by atoms with van der Waals surface area (Å²) in [6.07, 6.45) is 3.60. The van der Waals surface area contributed by atoms with Crippen LogP contribution in [0.25, 0.3) is 0 Å². The molecule has 0 bridgehead atoms. The summed E-state index contributed by atoms with van der Waals surface area (Å²) in [5, 5.41) is 5.87. The molecule has 0 saturated heterocycles. The summed E-state index contributed by atoms with van der Waals surface area (Å²) in [5.74, 6) is 0.657. The van der Waals surface area contributed by atoms with Crippen LogP contribution in [-0.2, 0) is 6.54 Å². The van der Waals surface area contributed by atoms with Gasteiger partial charge in [0.2, 0.25) is 5.95 Å². The van der Waals surface area contributed by atoms with E-state index in [9.17, 15) is 0 Å². The third-order valence-electron chi connectivity index (χ3n) is 1.31. The molecular formula is C7H12N4. The van der Waals surface area contributed by atoms with E-state index in [0.29, 0.717) is 5.95 Å². The number of anilines is 1. The fraction of sp³-hybridized carbons (Fsp3) is 0.429. The lowest BCUT2D eigenvalue weighted by Crippen LogP contribution is -2.06. The summed E-state index contributed by atoms with van der Waals surface area (Å²) in [6, 6.07) is 0. The van der Waals surface area contributed by atoms with E-state index in [4.69, 9.17) is 0 Å². The smallest absolute Gasteiger partial charge is 0.222 e. The number of nitrogens with one attached hydrogen (secondary N) is 2. The fourth-order valence-electron chi connectivity index (χ4n) is 0.779. The molecule has 0 spiro atoms. The van der Waals surface area contributed by atoms with E-state index < -0.39 is 0 Å². The highest BCUT2D eigenvalue weighted by molar-refractivity contribution is 5.22. The number of hydrogen-bond acceptors (Lipinski definition) is 4. The van der Waals surface area contributed by atoms with E-state index in [1.54, 1.807) is 19.4 Å². The van der Waals surface area contributed by atoms with Crippen molar-refractivity contribution in [1.29, 1.82) is 0 Å². The van der Waals surface area contributed by atoms with E-state index in [0.717, 1.165) is 12.1 Å². The van der Waals surface area contributed by atoms with Crippen LogP contribution in [0.3, 0.4) is 0 Å². The van der Waals surface area contributed by atoms with Crippen molar-refractivity contribution in [3.63, 3.8) is 0 Å². The zero-order valence-electron chi connectivity index (χ0n) is 6.76. The molecule has 0 aliphatic carbocycles. The van der Waals surface area contributed by atoms with E-state index in [-0.39, 0.29) is 0 Å². The topological polar surface area (TPSA) is 49.8 Å². The second-order valence-electron chi connectivity index (χ2n) is 2.20. The van der Waals surface area contributed by atoms with Gasteiger partial charge >= 0.3 is 0 Å². The van der Waals surface area contributed by atoms with E-state index in [1.165, 1.54) is 0 Å². The van der Waals surface area contributed by atoms with Crippen LogP contribution in [0.1, 0.15) is 5.56 Å². The zero-order valence-corrected chi connectivity index (χ0v) is 6.76. The lowest BCUT2D eigenvalue weighted by molar-refractivity contribution is 0.807. The van der Waals surface area contributed by atoms with Crippen molar-refractivity contribution < 1.29 is 0 Å². The lowest BCUT2D eigenvalue weighted by atomic mass is 10.3. The minimum atomic E-state index is 0.657. The van der Waals surface area contributed by atoms with Crippen LogP contribution < -0.4 is 10.6 Å². The normalized spacial score (nSPS) is 9.64. The fourth-order valence-corrected chi connectivity index (χ4v) is 0.779. The van der Waals surface area contributed by atoms with Gasteiger partial charge in [0.15, 0.2) is 0 Å². The van der Waals surface area contributed by atoms with E-state index in [1.807, 2.05) is 7.05 Å². The standard InChI is InChI=1S/C7H12N4/c1-8-3-6-4-10-7(9-2)11-5-6/h4-5,8H,3H2,1-2H3,(H,9,10,11). The summed E-state index contributed by atoms with van der Waals surface area (Å²) in [6.45, 7) is 0.810. The monoisotopic (exact) mass is 152 g/mol. The molecule has 0 saturated carbocycles. The van der Waals surface area contributed by atoms with Gasteiger partial charge in [0.25, 0.3) is 0 Å². The minimum Gasteiger partial charge on any atom is -0.357 e. The lowest BCUT2D eigenvalue weighted by Gasteiger charge is -1.99. The Morgan fingerprint density at radius 2 is 1.91 bits per heavy atom. The summed E-state index contributed by atoms with van der Waals surface area (Å²) in [4.78, 5) is 8.11. The molecule has 1 aromatic heterocycles. The van der Waals surface area contributed by atoms with Crippen molar-refractivity contribution in [1.82, 2.24) is 15.3 Å². The van der Waals surface area contributed by atoms with Crippen LogP contribution in [0.4, 0.5) is 5.95 Å². The largest absolute Gasteiger partial charge is 0.357 e. The first kappa shape index (κ1) is 7.94. The van der Waals surface area contributed by atoms with Crippen molar-refractivity contribution in [2.24, 2.45) is 0 Å². The molecule has 11 heavy (non-hydrogen) atoms. The summed E-state index contributed by atoms with van der Waals surface area (Å²) < 4.78 is 0. The molecule has 0 atom stereocenters. The number of hydrogen-bond donors (Lipinski definition) is 2. The molecule has 0 radical (unpaired) electrons. The molecule has 0 aliphatic rings. The Morgan fingerprint density at radius 3 is 2.36 bits per heavy atom. The van der Waals surface area contributed by atoms with Gasteiger partial charge < -0.3 is 10.6 Å². The van der Waals surface area contributed by atoms with Crippen molar-refractivity contribution >= 4 is 5.95 Å². The second kappa shape index (κ2) is 3.88. The second-order valence-corrected chi connectivity index (χ2v) is 2.20. The molecule has 2 N–H and O–H groups in total. The summed E-state index contributed by atoms with van der Waals surface area (Å²) >= 11 is 0. The minimum absolute atomic E-state index is 0.657. The predicted octanol–water partition coefficient (Wildman–Crippen LogP) is 0.238. The average Bonchev–Trinajstić information content (AvgIpc) is 2.07. The van der Waals surface area contributed by atoms with Crippen LogP contribution in [0.5, 0.6) is 0 Å². The van der Waals surface area contributed by atoms with Crippen LogP contribution in [-0.4, -0.2) is 24.1 Å². The molecule has 0 fully saturated rings. The molecule has 1 aromatic rings.